The first-order valence-corrected chi connectivity index (χ1v) is 8.18. The van der Waals surface area contributed by atoms with E-state index in [0.29, 0.717) is 11.8 Å². The van der Waals surface area contributed by atoms with Crippen LogP contribution in [0.15, 0.2) is 0 Å². The van der Waals surface area contributed by atoms with E-state index in [1.807, 2.05) is 11.8 Å². The minimum Gasteiger partial charge on any atom is -0.343 e. The lowest BCUT2D eigenvalue weighted by molar-refractivity contribution is -0.150. The molecule has 1 N–H and O–H groups in total. The summed E-state index contributed by atoms with van der Waals surface area (Å²) in [5.74, 6) is 1.03. The van der Waals surface area contributed by atoms with Crippen molar-refractivity contribution in [1.29, 1.82) is 0 Å². The molecule has 2 heterocycles. The van der Waals surface area contributed by atoms with Gasteiger partial charge < -0.3 is 15.1 Å². The number of nitrogens with one attached hydrogen (secondary N) is 1. The van der Waals surface area contributed by atoms with Crippen molar-refractivity contribution in [1.82, 2.24) is 15.1 Å². The third kappa shape index (κ3) is 3.96. The number of piperazine rings is 1. The summed E-state index contributed by atoms with van der Waals surface area (Å²) in [5.41, 5.74) is 0. The number of hydrogen-bond donors (Lipinski definition) is 1. The van der Waals surface area contributed by atoms with Crippen LogP contribution in [0.4, 0.5) is 0 Å². The van der Waals surface area contributed by atoms with Crippen LogP contribution in [0.1, 0.15) is 40.0 Å². The van der Waals surface area contributed by atoms with Gasteiger partial charge in [-0.15, -0.1) is 0 Å². The van der Waals surface area contributed by atoms with Gasteiger partial charge in [-0.05, 0) is 58.2 Å². The predicted molar refractivity (Wildman–Crippen MR) is 82.8 cm³/mol. The Hall–Kier alpha value is -1.10. The lowest BCUT2D eigenvalue weighted by Gasteiger charge is -2.41. The van der Waals surface area contributed by atoms with Gasteiger partial charge in [0.15, 0.2) is 0 Å². The van der Waals surface area contributed by atoms with E-state index in [9.17, 15) is 9.59 Å². The van der Waals surface area contributed by atoms with Crippen molar-refractivity contribution in [2.75, 3.05) is 26.7 Å². The minimum atomic E-state index is -0.333. The van der Waals surface area contributed by atoms with Crippen molar-refractivity contribution in [2.24, 2.45) is 11.8 Å². The van der Waals surface area contributed by atoms with E-state index in [0.717, 1.165) is 38.9 Å². The molecule has 2 unspecified atom stereocenters. The second kappa shape index (κ2) is 6.77. The number of likely N-dealkylation sites (tertiary alicyclic amines) is 1. The molecule has 0 aliphatic carbocycles. The molecule has 5 heteroatoms. The molecule has 2 fully saturated rings. The molecule has 0 bridgehead atoms. The molecule has 0 aromatic heterocycles. The lowest BCUT2D eigenvalue weighted by Crippen LogP contribution is -2.63. The van der Waals surface area contributed by atoms with Crippen molar-refractivity contribution < 1.29 is 9.59 Å². The Kier molecular flexibility index (Phi) is 5.25. The zero-order valence-electron chi connectivity index (χ0n) is 13.8. The van der Waals surface area contributed by atoms with Gasteiger partial charge in [0.25, 0.3) is 0 Å². The summed E-state index contributed by atoms with van der Waals surface area (Å²) < 4.78 is 0. The van der Waals surface area contributed by atoms with Crippen molar-refractivity contribution >= 4 is 11.8 Å². The van der Waals surface area contributed by atoms with Crippen molar-refractivity contribution in [2.45, 2.75) is 52.1 Å². The highest BCUT2D eigenvalue weighted by atomic mass is 16.2. The molecule has 2 aliphatic heterocycles. The molecule has 120 valence electrons. The molecule has 0 radical (unpaired) electrons. The van der Waals surface area contributed by atoms with Gasteiger partial charge in [-0.2, -0.15) is 0 Å². The van der Waals surface area contributed by atoms with E-state index in [-0.39, 0.29) is 23.9 Å². The van der Waals surface area contributed by atoms with Crippen LogP contribution in [0.25, 0.3) is 0 Å². The van der Waals surface area contributed by atoms with Gasteiger partial charge in [-0.3, -0.25) is 9.59 Å². The first-order valence-electron chi connectivity index (χ1n) is 8.18. The number of carbonyl (C=O) groups is 2. The van der Waals surface area contributed by atoms with Gasteiger partial charge in [-0.25, -0.2) is 0 Å². The van der Waals surface area contributed by atoms with Crippen LogP contribution in [-0.2, 0) is 9.59 Å². The molecule has 0 saturated carbocycles. The van der Waals surface area contributed by atoms with Gasteiger partial charge in [0, 0.05) is 6.54 Å². The van der Waals surface area contributed by atoms with E-state index < -0.39 is 0 Å². The van der Waals surface area contributed by atoms with E-state index in [4.69, 9.17) is 0 Å². The molecule has 2 aliphatic rings. The molecule has 2 amide bonds. The molecule has 21 heavy (non-hydrogen) atoms. The lowest BCUT2D eigenvalue weighted by atomic mass is 9.93. The van der Waals surface area contributed by atoms with E-state index in [1.54, 1.807) is 0 Å². The Bertz CT molecular complexity index is 389. The largest absolute Gasteiger partial charge is 0.343 e. The number of hydrogen-bond acceptors (Lipinski definition) is 3. The zero-order chi connectivity index (χ0) is 15.6. The number of rotatable bonds is 4. The van der Waals surface area contributed by atoms with Gasteiger partial charge >= 0.3 is 0 Å². The predicted octanol–water partition coefficient (Wildman–Crippen LogP) is 1.09. The molecule has 5 nitrogen and oxygen atoms in total. The van der Waals surface area contributed by atoms with Crippen LogP contribution < -0.4 is 5.32 Å². The van der Waals surface area contributed by atoms with E-state index in [2.05, 4.69) is 31.1 Å². The summed E-state index contributed by atoms with van der Waals surface area (Å²) >= 11 is 0. The number of nitrogens with zero attached hydrogens (tertiary/aromatic N) is 2. The maximum atomic E-state index is 12.7. The highest BCUT2D eigenvalue weighted by Crippen LogP contribution is 2.22. The van der Waals surface area contributed by atoms with Crippen LogP contribution >= 0.6 is 0 Å². The molecule has 2 atom stereocenters. The van der Waals surface area contributed by atoms with Crippen molar-refractivity contribution in [3.05, 3.63) is 0 Å². The fourth-order valence-corrected chi connectivity index (χ4v) is 3.29. The van der Waals surface area contributed by atoms with E-state index >= 15 is 0 Å². The fourth-order valence-electron chi connectivity index (χ4n) is 3.29. The molecule has 2 saturated heterocycles. The first-order chi connectivity index (χ1) is 9.88. The monoisotopic (exact) mass is 295 g/mol. The highest BCUT2D eigenvalue weighted by molar-refractivity contribution is 5.96. The molecule has 0 aromatic carbocycles. The normalized spacial score (nSPS) is 29.1. The van der Waals surface area contributed by atoms with Crippen LogP contribution in [0.5, 0.6) is 0 Å². The van der Waals surface area contributed by atoms with Crippen LogP contribution in [0.2, 0.25) is 0 Å². The fraction of sp³-hybridized carbons (Fsp3) is 0.875. The third-order valence-electron chi connectivity index (χ3n) is 4.74. The van der Waals surface area contributed by atoms with E-state index in [1.165, 1.54) is 0 Å². The van der Waals surface area contributed by atoms with Crippen molar-refractivity contribution in [3.63, 3.8) is 0 Å². The second-order valence-corrected chi connectivity index (χ2v) is 7.10. The SMILES string of the molecule is CC(C)CC1NC(=O)C(C)N(CC2CCN(C)CC2)C1=O. The zero-order valence-corrected chi connectivity index (χ0v) is 13.8. The maximum absolute atomic E-state index is 12.7. The van der Waals surface area contributed by atoms with Crippen molar-refractivity contribution in [3.8, 4) is 0 Å². The average molecular weight is 295 g/mol. The van der Waals surface area contributed by atoms with Crippen LogP contribution in [-0.4, -0.2) is 60.4 Å². The Balaban J connectivity index is 2.01. The molecular formula is C16H29N3O2. The molecule has 0 spiro atoms. The van der Waals surface area contributed by atoms with Crippen LogP contribution in [0, 0.1) is 11.8 Å². The molecule has 0 aromatic rings. The third-order valence-corrected chi connectivity index (χ3v) is 4.74. The quantitative estimate of drug-likeness (QED) is 0.845. The van der Waals surface area contributed by atoms with Crippen LogP contribution in [0.3, 0.4) is 0 Å². The van der Waals surface area contributed by atoms with Gasteiger partial charge in [0.2, 0.25) is 11.8 Å². The highest BCUT2D eigenvalue weighted by Gasteiger charge is 2.39. The summed E-state index contributed by atoms with van der Waals surface area (Å²) in [7, 11) is 2.14. The first kappa shape index (κ1) is 16.3. The second-order valence-electron chi connectivity index (χ2n) is 7.10. The van der Waals surface area contributed by atoms with Gasteiger partial charge in [0.1, 0.15) is 12.1 Å². The maximum Gasteiger partial charge on any atom is 0.245 e. The smallest absolute Gasteiger partial charge is 0.245 e. The Morgan fingerprint density at radius 3 is 2.43 bits per heavy atom. The Morgan fingerprint density at radius 2 is 1.86 bits per heavy atom. The standard InChI is InChI=1S/C16H29N3O2/c1-11(2)9-14-16(21)19(12(3)15(20)17-14)10-13-5-7-18(4)8-6-13/h11-14H,5-10H2,1-4H3,(H,17,20). The minimum absolute atomic E-state index is 0.00632. The number of piperidine rings is 1. The van der Waals surface area contributed by atoms with Gasteiger partial charge in [0.05, 0.1) is 0 Å². The summed E-state index contributed by atoms with van der Waals surface area (Å²) in [4.78, 5) is 28.9. The molecular weight excluding hydrogens is 266 g/mol. The summed E-state index contributed by atoms with van der Waals surface area (Å²) in [6, 6.07) is -0.666. The van der Waals surface area contributed by atoms with Gasteiger partial charge in [-0.1, -0.05) is 13.8 Å². The average Bonchev–Trinajstić information content (AvgIpc) is 2.42. The Morgan fingerprint density at radius 1 is 1.24 bits per heavy atom. The Labute approximate surface area is 128 Å². The molecule has 2 rings (SSSR count). The topological polar surface area (TPSA) is 52.7 Å². The number of carbonyl (C=O) groups excluding carboxylic acids is 2. The summed E-state index contributed by atoms with van der Waals surface area (Å²) in [6.45, 7) is 8.91. The summed E-state index contributed by atoms with van der Waals surface area (Å²) in [6.07, 6.45) is 2.95. The summed E-state index contributed by atoms with van der Waals surface area (Å²) in [5, 5.41) is 2.88. The number of amides is 2.